The van der Waals surface area contributed by atoms with Crippen LogP contribution >= 0.6 is 22.6 Å². The third kappa shape index (κ3) is 3.21. The van der Waals surface area contributed by atoms with Crippen LogP contribution < -0.4 is 5.32 Å². The largest absolute Gasteiger partial charge is 0.352 e. The van der Waals surface area contributed by atoms with Crippen molar-refractivity contribution in [3.05, 3.63) is 63.6 Å². The van der Waals surface area contributed by atoms with Crippen LogP contribution in [-0.2, 0) is 6.42 Å². The van der Waals surface area contributed by atoms with E-state index in [9.17, 15) is 4.79 Å². The van der Waals surface area contributed by atoms with Gasteiger partial charge in [-0.3, -0.25) is 9.20 Å². The number of nitrogens with one attached hydrogen (secondary N) is 1. The maximum absolute atomic E-state index is 12.0. The Morgan fingerprint density at radius 2 is 2.10 bits per heavy atom. The third-order valence-electron chi connectivity index (χ3n) is 3.11. The zero-order valence-corrected chi connectivity index (χ0v) is 13.3. The molecule has 3 aromatic rings. The number of carbonyl (C=O) groups is 1. The number of amides is 1. The van der Waals surface area contributed by atoms with Gasteiger partial charge >= 0.3 is 0 Å². The lowest BCUT2D eigenvalue weighted by Crippen LogP contribution is -2.26. The van der Waals surface area contributed by atoms with Gasteiger partial charge < -0.3 is 5.32 Å². The fourth-order valence-corrected chi connectivity index (χ4v) is 2.62. The first-order chi connectivity index (χ1) is 10.2. The van der Waals surface area contributed by atoms with Crippen LogP contribution in [0.2, 0.25) is 0 Å². The van der Waals surface area contributed by atoms with Crippen LogP contribution in [-0.4, -0.2) is 27.0 Å². The smallest absolute Gasteiger partial charge is 0.251 e. The van der Waals surface area contributed by atoms with E-state index in [1.165, 1.54) is 0 Å². The minimum atomic E-state index is -0.0673. The third-order valence-corrected chi connectivity index (χ3v) is 3.78. The van der Waals surface area contributed by atoms with E-state index in [0.29, 0.717) is 18.5 Å². The highest BCUT2D eigenvalue weighted by molar-refractivity contribution is 14.1. The maximum Gasteiger partial charge on any atom is 0.251 e. The molecule has 1 aromatic carbocycles. The van der Waals surface area contributed by atoms with Gasteiger partial charge in [0.2, 0.25) is 0 Å². The first-order valence-corrected chi connectivity index (χ1v) is 7.64. The Morgan fingerprint density at radius 1 is 1.19 bits per heavy atom. The number of nitrogens with zero attached hydrogens (tertiary/aromatic N) is 3. The van der Waals surface area contributed by atoms with Gasteiger partial charge in [-0.2, -0.15) is 0 Å². The summed E-state index contributed by atoms with van der Waals surface area (Å²) in [5.74, 6) is 0.774. The number of carbonyl (C=O) groups excluding carboxylic acids is 1. The van der Waals surface area contributed by atoms with Crippen molar-refractivity contribution in [2.75, 3.05) is 6.54 Å². The number of halogens is 1. The minimum Gasteiger partial charge on any atom is -0.352 e. The topological polar surface area (TPSA) is 59.3 Å². The number of hydrogen-bond donors (Lipinski definition) is 1. The second kappa shape index (κ2) is 6.21. The van der Waals surface area contributed by atoms with E-state index >= 15 is 0 Å². The zero-order chi connectivity index (χ0) is 14.7. The van der Waals surface area contributed by atoms with E-state index in [2.05, 4.69) is 38.1 Å². The Kier molecular flexibility index (Phi) is 4.14. The molecular weight excluding hydrogens is 379 g/mol. The molecule has 0 atom stereocenters. The Hall–Kier alpha value is -1.96. The highest BCUT2D eigenvalue weighted by atomic mass is 127. The molecule has 0 aliphatic carbocycles. The molecule has 1 amide bonds. The molecule has 0 fully saturated rings. The molecule has 0 bridgehead atoms. The second-order valence-corrected chi connectivity index (χ2v) is 5.81. The van der Waals surface area contributed by atoms with Crippen LogP contribution in [0.1, 0.15) is 16.2 Å². The van der Waals surface area contributed by atoms with Gasteiger partial charge in [-0.1, -0.05) is 12.1 Å². The number of pyridine rings is 1. The lowest BCUT2D eigenvalue weighted by atomic mass is 10.2. The van der Waals surface area contributed by atoms with Gasteiger partial charge in [0, 0.05) is 28.3 Å². The van der Waals surface area contributed by atoms with Crippen molar-refractivity contribution < 1.29 is 4.79 Å². The number of hydrogen-bond acceptors (Lipinski definition) is 3. The maximum atomic E-state index is 12.0. The number of rotatable bonds is 4. The molecule has 21 heavy (non-hydrogen) atoms. The summed E-state index contributed by atoms with van der Waals surface area (Å²) in [6, 6.07) is 13.3. The second-order valence-electron chi connectivity index (χ2n) is 4.56. The summed E-state index contributed by atoms with van der Waals surface area (Å²) in [6.07, 6.45) is 2.56. The predicted molar refractivity (Wildman–Crippen MR) is 88.2 cm³/mol. The van der Waals surface area contributed by atoms with E-state index < -0.39 is 0 Å². The lowest BCUT2D eigenvalue weighted by Gasteiger charge is -2.05. The van der Waals surface area contributed by atoms with Crippen molar-refractivity contribution in [2.24, 2.45) is 0 Å². The quantitative estimate of drug-likeness (QED) is 0.694. The molecule has 6 heteroatoms. The van der Waals surface area contributed by atoms with E-state index in [4.69, 9.17) is 0 Å². The normalized spacial score (nSPS) is 10.7. The Labute approximate surface area is 135 Å². The van der Waals surface area contributed by atoms with E-state index in [1.807, 2.05) is 53.1 Å². The average molecular weight is 392 g/mol. The molecule has 0 aliphatic heterocycles. The van der Waals surface area contributed by atoms with Crippen LogP contribution in [0.4, 0.5) is 0 Å². The highest BCUT2D eigenvalue weighted by Crippen LogP contribution is 2.08. The van der Waals surface area contributed by atoms with Crippen LogP contribution in [0.25, 0.3) is 5.65 Å². The van der Waals surface area contributed by atoms with Gasteiger partial charge in [0.1, 0.15) is 5.82 Å². The minimum absolute atomic E-state index is 0.0673. The van der Waals surface area contributed by atoms with Gasteiger partial charge in [-0.05, 0) is 52.9 Å². The molecule has 1 N–H and O–H groups in total. The fourth-order valence-electron chi connectivity index (χ4n) is 2.08. The molecule has 0 saturated heterocycles. The molecule has 2 heterocycles. The first-order valence-electron chi connectivity index (χ1n) is 6.56. The Morgan fingerprint density at radius 3 is 2.95 bits per heavy atom. The molecular formula is C15H13IN4O. The number of fused-ring (bicyclic) bond motifs is 1. The summed E-state index contributed by atoms with van der Waals surface area (Å²) in [5.41, 5.74) is 1.49. The van der Waals surface area contributed by atoms with E-state index in [-0.39, 0.29) is 5.91 Å². The highest BCUT2D eigenvalue weighted by Gasteiger charge is 2.07. The van der Waals surface area contributed by atoms with Gasteiger partial charge in [0.25, 0.3) is 5.91 Å². The lowest BCUT2D eigenvalue weighted by molar-refractivity contribution is 0.0954. The summed E-state index contributed by atoms with van der Waals surface area (Å²) in [5, 5.41) is 11.1. The van der Waals surface area contributed by atoms with Crippen molar-refractivity contribution in [3.8, 4) is 0 Å². The summed E-state index contributed by atoms with van der Waals surface area (Å²) in [6.45, 7) is 0.528. The van der Waals surface area contributed by atoms with Gasteiger partial charge in [-0.25, -0.2) is 0 Å². The molecule has 0 spiro atoms. The molecule has 0 aliphatic rings. The summed E-state index contributed by atoms with van der Waals surface area (Å²) >= 11 is 2.19. The van der Waals surface area contributed by atoms with Crippen LogP contribution in [0.3, 0.4) is 0 Å². The van der Waals surface area contributed by atoms with Crippen molar-refractivity contribution in [3.63, 3.8) is 0 Å². The van der Waals surface area contributed by atoms with Crippen molar-refractivity contribution >= 4 is 34.1 Å². The fraction of sp³-hybridized carbons (Fsp3) is 0.133. The zero-order valence-electron chi connectivity index (χ0n) is 11.2. The molecule has 0 radical (unpaired) electrons. The Bertz CT molecular complexity index is 784. The predicted octanol–water partition coefficient (Wildman–Crippen LogP) is 2.31. The van der Waals surface area contributed by atoms with E-state index in [0.717, 1.165) is 15.0 Å². The monoisotopic (exact) mass is 392 g/mol. The summed E-state index contributed by atoms with van der Waals surface area (Å²) < 4.78 is 2.97. The first kappa shape index (κ1) is 14.0. The molecule has 3 rings (SSSR count). The van der Waals surface area contributed by atoms with Gasteiger partial charge in [0.15, 0.2) is 5.65 Å². The van der Waals surface area contributed by atoms with Crippen LogP contribution in [0, 0.1) is 3.57 Å². The standard InChI is InChI=1S/C15H13IN4O/c16-12-5-3-4-11(10-12)15(21)17-8-7-14-19-18-13-6-1-2-9-20(13)14/h1-6,9-10H,7-8H2,(H,17,21). The number of aromatic nitrogens is 3. The molecule has 0 unspecified atom stereocenters. The SMILES string of the molecule is O=C(NCCc1nnc2ccccn12)c1cccc(I)c1. The summed E-state index contributed by atoms with van der Waals surface area (Å²) in [7, 11) is 0. The Balaban J connectivity index is 1.62. The van der Waals surface area contributed by atoms with Crippen LogP contribution in [0.5, 0.6) is 0 Å². The van der Waals surface area contributed by atoms with Crippen molar-refractivity contribution in [1.29, 1.82) is 0 Å². The molecule has 5 nitrogen and oxygen atoms in total. The molecule has 0 saturated carbocycles. The van der Waals surface area contributed by atoms with Crippen molar-refractivity contribution in [1.82, 2.24) is 19.9 Å². The van der Waals surface area contributed by atoms with Crippen molar-refractivity contribution in [2.45, 2.75) is 6.42 Å². The molecule has 106 valence electrons. The van der Waals surface area contributed by atoms with Crippen LogP contribution in [0.15, 0.2) is 48.7 Å². The van der Waals surface area contributed by atoms with Gasteiger partial charge in [0.05, 0.1) is 0 Å². The number of benzene rings is 1. The van der Waals surface area contributed by atoms with Gasteiger partial charge in [-0.15, -0.1) is 10.2 Å². The molecule has 2 aromatic heterocycles. The summed E-state index contributed by atoms with van der Waals surface area (Å²) in [4.78, 5) is 12.0. The average Bonchev–Trinajstić information content (AvgIpc) is 2.91. The van der Waals surface area contributed by atoms with E-state index in [1.54, 1.807) is 0 Å².